The summed E-state index contributed by atoms with van der Waals surface area (Å²) in [7, 11) is 0. The quantitative estimate of drug-likeness (QED) is 0.869. The van der Waals surface area contributed by atoms with E-state index in [9.17, 15) is 9.18 Å². The van der Waals surface area contributed by atoms with E-state index < -0.39 is 5.41 Å². The summed E-state index contributed by atoms with van der Waals surface area (Å²) in [5.74, 6) is 1.64. The van der Waals surface area contributed by atoms with E-state index in [4.69, 9.17) is 0 Å². The molecule has 0 bridgehead atoms. The van der Waals surface area contributed by atoms with Crippen LogP contribution >= 0.6 is 0 Å². The largest absolute Gasteiger partial charge is 0.333 e. The first kappa shape index (κ1) is 15.3. The van der Waals surface area contributed by atoms with Crippen LogP contribution in [-0.2, 0) is 29.7 Å². The molecule has 2 heterocycles. The fraction of sp³-hybridized carbons (Fsp3) is 0.500. The molecule has 0 unspecified atom stereocenters. The van der Waals surface area contributed by atoms with E-state index in [1.54, 1.807) is 6.07 Å². The minimum absolute atomic E-state index is 0.103. The van der Waals surface area contributed by atoms with Gasteiger partial charge in [-0.05, 0) is 30.5 Å². The Hall–Kier alpha value is -2.24. The molecule has 5 nitrogen and oxygen atoms in total. The van der Waals surface area contributed by atoms with Crippen molar-refractivity contribution in [1.29, 1.82) is 0 Å². The van der Waals surface area contributed by atoms with Crippen molar-refractivity contribution in [3.05, 3.63) is 47.3 Å². The maximum atomic E-state index is 13.7. The van der Waals surface area contributed by atoms with Crippen LogP contribution in [0.3, 0.4) is 0 Å². The Balaban J connectivity index is 1.61. The van der Waals surface area contributed by atoms with Gasteiger partial charge in [-0.3, -0.25) is 4.79 Å². The van der Waals surface area contributed by atoms with Gasteiger partial charge in [-0.2, -0.15) is 0 Å². The van der Waals surface area contributed by atoms with Gasteiger partial charge < -0.3 is 9.47 Å². The van der Waals surface area contributed by atoms with Gasteiger partial charge in [0.15, 0.2) is 5.82 Å². The molecule has 1 aliphatic carbocycles. The van der Waals surface area contributed by atoms with Crippen LogP contribution in [0.5, 0.6) is 0 Å². The molecule has 2 aromatic rings. The second-order valence-electron chi connectivity index (χ2n) is 6.71. The van der Waals surface area contributed by atoms with Gasteiger partial charge in [-0.1, -0.05) is 25.5 Å². The lowest BCUT2D eigenvalue weighted by atomic mass is 9.63. The zero-order valence-corrected chi connectivity index (χ0v) is 13.8. The molecule has 0 saturated heterocycles. The van der Waals surface area contributed by atoms with E-state index >= 15 is 0 Å². The van der Waals surface area contributed by atoms with Crippen LogP contribution in [-0.4, -0.2) is 32.1 Å². The van der Waals surface area contributed by atoms with Crippen LogP contribution in [0.2, 0.25) is 0 Å². The lowest BCUT2D eigenvalue weighted by Gasteiger charge is -2.44. The smallest absolute Gasteiger partial charge is 0.233 e. The Morgan fingerprint density at radius 2 is 2.12 bits per heavy atom. The summed E-state index contributed by atoms with van der Waals surface area (Å²) in [5.41, 5.74) is 0.248. The number of nitrogens with zero attached hydrogens (tertiary/aromatic N) is 4. The van der Waals surface area contributed by atoms with E-state index in [1.165, 1.54) is 12.1 Å². The zero-order valence-electron chi connectivity index (χ0n) is 13.8. The third-order valence-corrected chi connectivity index (χ3v) is 5.43. The SMILES string of the molecule is CCc1nnc2n1CCN(C(=O)C1(c3cccc(F)c3)CCC1)C2. The highest BCUT2D eigenvalue weighted by Crippen LogP contribution is 2.45. The number of benzene rings is 1. The van der Waals surface area contributed by atoms with Crippen molar-refractivity contribution in [2.75, 3.05) is 6.54 Å². The second kappa shape index (κ2) is 5.69. The fourth-order valence-electron chi connectivity index (χ4n) is 3.90. The molecule has 1 saturated carbocycles. The third-order valence-electron chi connectivity index (χ3n) is 5.43. The van der Waals surface area contributed by atoms with Crippen molar-refractivity contribution in [2.45, 2.75) is 51.1 Å². The van der Waals surface area contributed by atoms with Crippen molar-refractivity contribution in [2.24, 2.45) is 0 Å². The van der Waals surface area contributed by atoms with Crippen LogP contribution in [0.4, 0.5) is 4.39 Å². The van der Waals surface area contributed by atoms with Gasteiger partial charge in [0.05, 0.1) is 12.0 Å². The number of amides is 1. The second-order valence-corrected chi connectivity index (χ2v) is 6.71. The maximum absolute atomic E-state index is 13.7. The minimum atomic E-state index is -0.558. The Labute approximate surface area is 140 Å². The molecule has 1 fully saturated rings. The van der Waals surface area contributed by atoms with E-state index in [-0.39, 0.29) is 11.7 Å². The molecule has 0 radical (unpaired) electrons. The van der Waals surface area contributed by atoms with E-state index in [2.05, 4.69) is 21.7 Å². The Morgan fingerprint density at radius 1 is 1.29 bits per heavy atom. The zero-order chi connectivity index (χ0) is 16.7. The van der Waals surface area contributed by atoms with Gasteiger partial charge >= 0.3 is 0 Å². The number of rotatable bonds is 3. The van der Waals surface area contributed by atoms with Crippen LogP contribution in [0.15, 0.2) is 24.3 Å². The summed E-state index contributed by atoms with van der Waals surface area (Å²) in [6.45, 7) is 3.94. The highest BCUT2D eigenvalue weighted by atomic mass is 19.1. The van der Waals surface area contributed by atoms with Crippen molar-refractivity contribution in [1.82, 2.24) is 19.7 Å². The number of hydrogen-bond donors (Lipinski definition) is 0. The average Bonchev–Trinajstić information content (AvgIpc) is 2.96. The van der Waals surface area contributed by atoms with Crippen molar-refractivity contribution >= 4 is 5.91 Å². The molecule has 1 aromatic heterocycles. The predicted molar refractivity (Wildman–Crippen MR) is 86.7 cm³/mol. The number of aryl methyl sites for hydroxylation is 1. The van der Waals surface area contributed by atoms with E-state index in [0.29, 0.717) is 13.1 Å². The topological polar surface area (TPSA) is 51.0 Å². The van der Waals surface area contributed by atoms with Gasteiger partial charge in [0.25, 0.3) is 0 Å². The first-order valence-electron chi connectivity index (χ1n) is 8.60. The standard InChI is InChI=1S/C18H21FN4O/c1-2-15-20-21-16-12-22(9-10-23(15)16)17(24)18(7-4-8-18)13-5-3-6-14(19)11-13/h3,5-6,11H,2,4,7-10,12H2,1H3. The lowest BCUT2D eigenvalue weighted by Crippen LogP contribution is -2.52. The third kappa shape index (κ3) is 2.24. The highest BCUT2D eigenvalue weighted by Gasteiger charge is 2.48. The highest BCUT2D eigenvalue weighted by molar-refractivity contribution is 5.89. The normalized spacial score (nSPS) is 18.8. The molecule has 1 aliphatic heterocycles. The molecule has 126 valence electrons. The summed E-state index contributed by atoms with van der Waals surface area (Å²) in [4.78, 5) is 15.1. The van der Waals surface area contributed by atoms with Crippen molar-refractivity contribution in [3.8, 4) is 0 Å². The predicted octanol–water partition coefficient (Wildman–Crippen LogP) is 2.44. The minimum Gasteiger partial charge on any atom is -0.333 e. The Bertz CT molecular complexity index is 781. The van der Waals surface area contributed by atoms with Crippen molar-refractivity contribution < 1.29 is 9.18 Å². The van der Waals surface area contributed by atoms with Gasteiger partial charge in [-0.25, -0.2) is 4.39 Å². The lowest BCUT2D eigenvalue weighted by molar-refractivity contribution is -0.142. The molecule has 0 N–H and O–H groups in total. The van der Waals surface area contributed by atoms with Crippen LogP contribution in [0.1, 0.15) is 43.4 Å². The number of fused-ring (bicyclic) bond motifs is 1. The first-order valence-corrected chi connectivity index (χ1v) is 8.60. The van der Waals surface area contributed by atoms with Crippen LogP contribution in [0.25, 0.3) is 0 Å². The molecular weight excluding hydrogens is 307 g/mol. The number of carbonyl (C=O) groups is 1. The molecular formula is C18H21FN4O. The number of carbonyl (C=O) groups excluding carboxylic acids is 1. The van der Waals surface area contributed by atoms with E-state index in [1.807, 2.05) is 11.0 Å². The molecule has 0 atom stereocenters. The average molecular weight is 328 g/mol. The molecule has 2 aliphatic rings. The van der Waals surface area contributed by atoms with Gasteiger partial charge in [0.2, 0.25) is 5.91 Å². The number of hydrogen-bond acceptors (Lipinski definition) is 3. The van der Waals surface area contributed by atoms with Crippen LogP contribution in [0, 0.1) is 5.82 Å². The molecule has 6 heteroatoms. The molecule has 4 rings (SSSR count). The number of halogens is 1. The molecule has 1 amide bonds. The number of aromatic nitrogens is 3. The van der Waals surface area contributed by atoms with Crippen LogP contribution < -0.4 is 0 Å². The summed E-state index contributed by atoms with van der Waals surface area (Å²) in [6.07, 6.45) is 3.43. The molecule has 24 heavy (non-hydrogen) atoms. The molecule has 0 spiro atoms. The van der Waals surface area contributed by atoms with Gasteiger partial charge in [0.1, 0.15) is 11.6 Å². The Morgan fingerprint density at radius 3 is 2.79 bits per heavy atom. The van der Waals surface area contributed by atoms with Gasteiger partial charge in [0, 0.05) is 19.5 Å². The maximum Gasteiger partial charge on any atom is 0.233 e. The first-order chi connectivity index (χ1) is 11.6. The summed E-state index contributed by atoms with van der Waals surface area (Å²) >= 11 is 0. The fourth-order valence-corrected chi connectivity index (χ4v) is 3.90. The summed E-state index contributed by atoms with van der Waals surface area (Å²) < 4.78 is 15.8. The van der Waals surface area contributed by atoms with Crippen molar-refractivity contribution in [3.63, 3.8) is 0 Å². The summed E-state index contributed by atoms with van der Waals surface area (Å²) in [5, 5.41) is 8.43. The van der Waals surface area contributed by atoms with E-state index in [0.717, 1.165) is 49.4 Å². The Kier molecular flexibility index (Phi) is 3.62. The van der Waals surface area contributed by atoms with Gasteiger partial charge in [-0.15, -0.1) is 10.2 Å². The molecule has 1 aromatic carbocycles. The monoisotopic (exact) mass is 328 g/mol. The summed E-state index contributed by atoms with van der Waals surface area (Å²) in [6, 6.07) is 6.51.